The SMILES string of the molecule is Cc1cc(C(NN)C2CCCC(C)C2)ccc1Cl. The molecule has 1 aromatic rings. The maximum atomic E-state index is 6.09. The molecule has 0 aromatic heterocycles. The number of rotatable bonds is 3. The normalized spacial score (nSPS) is 26.0. The Bertz CT molecular complexity index is 405. The van der Waals surface area contributed by atoms with E-state index in [1.807, 2.05) is 13.0 Å². The smallest absolute Gasteiger partial charge is 0.0488 e. The number of aryl methyl sites for hydroxylation is 1. The summed E-state index contributed by atoms with van der Waals surface area (Å²) in [5.41, 5.74) is 5.40. The molecule has 0 bridgehead atoms. The van der Waals surface area contributed by atoms with Gasteiger partial charge in [-0.3, -0.25) is 11.3 Å². The molecule has 1 saturated carbocycles. The van der Waals surface area contributed by atoms with Crippen LogP contribution in [-0.2, 0) is 0 Å². The molecule has 3 N–H and O–H groups in total. The van der Waals surface area contributed by atoms with Crippen molar-refractivity contribution in [3.63, 3.8) is 0 Å². The number of hydrogen-bond donors (Lipinski definition) is 2. The summed E-state index contributed by atoms with van der Waals surface area (Å²) in [7, 11) is 0. The van der Waals surface area contributed by atoms with Crippen LogP contribution in [0.2, 0.25) is 5.02 Å². The van der Waals surface area contributed by atoms with E-state index < -0.39 is 0 Å². The summed E-state index contributed by atoms with van der Waals surface area (Å²) in [6.07, 6.45) is 5.20. The van der Waals surface area contributed by atoms with Crippen molar-refractivity contribution in [1.29, 1.82) is 0 Å². The minimum Gasteiger partial charge on any atom is -0.271 e. The zero-order valence-corrected chi connectivity index (χ0v) is 12.0. The maximum absolute atomic E-state index is 6.09. The van der Waals surface area contributed by atoms with Crippen molar-refractivity contribution in [2.45, 2.75) is 45.6 Å². The molecule has 0 radical (unpaired) electrons. The van der Waals surface area contributed by atoms with Gasteiger partial charge in [0.25, 0.3) is 0 Å². The second-order valence-corrected chi connectivity index (χ2v) is 6.09. The fraction of sp³-hybridized carbons (Fsp3) is 0.600. The highest BCUT2D eigenvalue weighted by Gasteiger charge is 2.27. The third kappa shape index (κ3) is 3.05. The largest absolute Gasteiger partial charge is 0.271 e. The van der Waals surface area contributed by atoms with Crippen molar-refractivity contribution in [3.8, 4) is 0 Å². The second-order valence-electron chi connectivity index (χ2n) is 5.68. The quantitative estimate of drug-likeness (QED) is 0.642. The molecular formula is C15H23ClN2. The first-order valence-corrected chi connectivity index (χ1v) is 7.21. The van der Waals surface area contributed by atoms with Crippen LogP contribution < -0.4 is 11.3 Å². The Morgan fingerprint density at radius 2 is 2.17 bits per heavy atom. The van der Waals surface area contributed by atoms with Gasteiger partial charge < -0.3 is 0 Å². The molecule has 2 nitrogen and oxygen atoms in total. The van der Waals surface area contributed by atoms with Gasteiger partial charge in [-0.1, -0.05) is 43.5 Å². The monoisotopic (exact) mass is 266 g/mol. The zero-order chi connectivity index (χ0) is 13.1. The van der Waals surface area contributed by atoms with E-state index in [1.54, 1.807) is 0 Å². The van der Waals surface area contributed by atoms with Crippen LogP contribution in [0.1, 0.15) is 49.8 Å². The third-order valence-electron chi connectivity index (χ3n) is 4.17. The average Bonchev–Trinajstić information content (AvgIpc) is 2.35. The molecule has 0 aliphatic heterocycles. The molecule has 3 heteroatoms. The Morgan fingerprint density at radius 1 is 1.39 bits per heavy atom. The van der Waals surface area contributed by atoms with Crippen molar-refractivity contribution in [3.05, 3.63) is 34.3 Å². The van der Waals surface area contributed by atoms with E-state index in [0.29, 0.717) is 5.92 Å². The number of halogens is 1. The summed E-state index contributed by atoms with van der Waals surface area (Å²) in [4.78, 5) is 0. The summed E-state index contributed by atoms with van der Waals surface area (Å²) >= 11 is 6.09. The zero-order valence-electron chi connectivity index (χ0n) is 11.2. The van der Waals surface area contributed by atoms with Crippen LogP contribution in [0, 0.1) is 18.8 Å². The van der Waals surface area contributed by atoms with E-state index in [1.165, 1.54) is 31.2 Å². The molecule has 0 amide bonds. The van der Waals surface area contributed by atoms with E-state index in [4.69, 9.17) is 17.4 Å². The first-order valence-electron chi connectivity index (χ1n) is 6.84. The predicted molar refractivity (Wildman–Crippen MR) is 77.4 cm³/mol. The minimum absolute atomic E-state index is 0.253. The first-order chi connectivity index (χ1) is 8.61. The molecule has 1 aliphatic rings. The molecule has 100 valence electrons. The third-order valence-corrected chi connectivity index (χ3v) is 4.59. The Labute approximate surface area is 115 Å². The van der Waals surface area contributed by atoms with Crippen LogP contribution in [-0.4, -0.2) is 0 Å². The highest BCUT2D eigenvalue weighted by atomic mass is 35.5. The van der Waals surface area contributed by atoms with Crippen LogP contribution in [0.15, 0.2) is 18.2 Å². The molecule has 1 aliphatic carbocycles. The fourth-order valence-corrected chi connectivity index (χ4v) is 3.27. The van der Waals surface area contributed by atoms with Crippen LogP contribution in [0.4, 0.5) is 0 Å². The van der Waals surface area contributed by atoms with Gasteiger partial charge in [-0.05, 0) is 48.8 Å². The number of hydrazine groups is 1. The Morgan fingerprint density at radius 3 is 2.78 bits per heavy atom. The van der Waals surface area contributed by atoms with Gasteiger partial charge in [-0.15, -0.1) is 0 Å². The second kappa shape index (κ2) is 6.05. The van der Waals surface area contributed by atoms with E-state index in [9.17, 15) is 0 Å². The molecule has 18 heavy (non-hydrogen) atoms. The first kappa shape index (κ1) is 13.9. The highest BCUT2D eigenvalue weighted by Crippen LogP contribution is 2.37. The minimum atomic E-state index is 0.253. The van der Waals surface area contributed by atoms with Crippen molar-refractivity contribution in [2.24, 2.45) is 17.7 Å². The highest BCUT2D eigenvalue weighted by molar-refractivity contribution is 6.31. The molecule has 1 fully saturated rings. The van der Waals surface area contributed by atoms with Gasteiger partial charge in [0.1, 0.15) is 0 Å². The van der Waals surface area contributed by atoms with Gasteiger partial charge >= 0.3 is 0 Å². The summed E-state index contributed by atoms with van der Waals surface area (Å²) in [6.45, 7) is 4.38. The lowest BCUT2D eigenvalue weighted by molar-refractivity contribution is 0.224. The van der Waals surface area contributed by atoms with Gasteiger partial charge in [-0.25, -0.2) is 0 Å². The number of benzene rings is 1. The van der Waals surface area contributed by atoms with Crippen LogP contribution in [0.5, 0.6) is 0 Å². The van der Waals surface area contributed by atoms with E-state index in [2.05, 4.69) is 24.5 Å². The Kier molecular flexibility index (Phi) is 4.66. The fourth-order valence-electron chi connectivity index (χ4n) is 3.15. The molecule has 3 unspecified atom stereocenters. The van der Waals surface area contributed by atoms with E-state index in [-0.39, 0.29) is 6.04 Å². The summed E-state index contributed by atoms with van der Waals surface area (Å²) < 4.78 is 0. The van der Waals surface area contributed by atoms with Gasteiger partial charge in [0.15, 0.2) is 0 Å². The standard InChI is InChI=1S/C15H23ClN2/c1-10-4-3-5-12(8-10)15(18-17)13-6-7-14(16)11(2)9-13/h6-7,9-10,12,15,18H,3-5,8,17H2,1-2H3. The van der Waals surface area contributed by atoms with Crippen LogP contribution >= 0.6 is 11.6 Å². The Balaban J connectivity index is 2.18. The number of nitrogens with two attached hydrogens (primary N) is 1. The number of nitrogens with one attached hydrogen (secondary N) is 1. The molecule has 0 saturated heterocycles. The molecule has 1 aromatic carbocycles. The van der Waals surface area contributed by atoms with Crippen molar-refractivity contribution >= 4 is 11.6 Å². The van der Waals surface area contributed by atoms with Gasteiger partial charge in [-0.2, -0.15) is 0 Å². The Hall–Kier alpha value is -0.570. The topological polar surface area (TPSA) is 38.0 Å². The van der Waals surface area contributed by atoms with Crippen LogP contribution in [0.25, 0.3) is 0 Å². The van der Waals surface area contributed by atoms with Crippen LogP contribution in [0.3, 0.4) is 0 Å². The lowest BCUT2D eigenvalue weighted by Crippen LogP contribution is -2.35. The molecule has 0 heterocycles. The molecule has 0 spiro atoms. The van der Waals surface area contributed by atoms with Gasteiger partial charge in [0.05, 0.1) is 0 Å². The van der Waals surface area contributed by atoms with E-state index >= 15 is 0 Å². The van der Waals surface area contributed by atoms with Gasteiger partial charge in [0, 0.05) is 11.1 Å². The summed E-state index contributed by atoms with van der Waals surface area (Å²) in [5, 5.41) is 0.825. The lowest BCUT2D eigenvalue weighted by Gasteiger charge is -2.33. The van der Waals surface area contributed by atoms with Crippen molar-refractivity contribution in [1.82, 2.24) is 5.43 Å². The van der Waals surface area contributed by atoms with Crippen molar-refractivity contribution in [2.75, 3.05) is 0 Å². The van der Waals surface area contributed by atoms with E-state index in [0.717, 1.165) is 16.5 Å². The van der Waals surface area contributed by atoms with Crippen molar-refractivity contribution < 1.29 is 0 Å². The maximum Gasteiger partial charge on any atom is 0.0488 e. The predicted octanol–water partition coefficient (Wildman–Crippen LogP) is 3.98. The average molecular weight is 267 g/mol. The van der Waals surface area contributed by atoms with Gasteiger partial charge in [0.2, 0.25) is 0 Å². The summed E-state index contributed by atoms with van der Waals surface area (Å²) in [5.74, 6) is 7.24. The summed E-state index contributed by atoms with van der Waals surface area (Å²) in [6, 6.07) is 6.48. The number of hydrogen-bond acceptors (Lipinski definition) is 2. The molecular weight excluding hydrogens is 244 g/mol. The molecule has 3 atom stereocenters. The lowest BCUT2D eigenvalue weighted by atomic mass is 9.77. The molecule has 2 rings (SSSR count).